The molecular weight excluding hydrogens is 501 g/mol. The fourth-order valence-corrected chi connectivity index (χ4v) is 5.16. The van der Waals surface area contributed by atoms with Gasteiger partial charge in [-0.2, -0.15) is 0 Å². The molecule has 2 unspecified atom stereocenters. The van der Waals surface area contributed by atoms with E-state index < -0.39 is 11.7 Å². The van der Waals surface area contributed by atoms with E-state index in [0.717, 1.165) is 62.0 Å². The van der Waals surface area contributed by atoms with E-state index in [1.807, 2.05) is 23.1 Å². The minimum Gasteiger partial charge on any atom is -0.478 e. The SMILES string of the molecule is NC(=O)c1cc(F)c(NC2CCCCC2N)nc1Nc1ccc2nc(OCCCN3CCCC3=O)ccc2c1. The quantitative estimate of drug-likeness (QED) is 0.287. The van der Waals surface area contributed by atoms with Gasteiger partial charge in [0.2, 0.25) is 11.8 Å². The summed E-state index contributed by atoms with van der Waals surface area (Å²) in [7, 11) is 0. The van der Waals surface area contributed by atoms with Crippen LogP contribution >= 0.6 is 0 Å². The molecule has 3 aromatic rings. The number of rotatable bonds is 10. The standard InChI is InChI=1S/C28H34FN7O3/c29-20-16-19(26(31)38)27(35-28(20)34-23-6-2-1-5-21(23)30)32-18-9-10-22-17(15-18)8-11-24(33-22)39-14-4-13-36-12-3-7-25(36)37/h8-11,15-16,21,23H,1-7,12-14,30H2,(H2,31,38)(H2,32,34,35). The van der Waals surface area contributed by atoms with Crippen LogP contribution in [0.5, 0.6) is 5.88 Å². The summed E-state index contributed by atoms with van der Waals surface area (Å²) in [6, 6.07) is 10.0. The maximum absolute atomic E-state index is 14.8. The number of benzene rings is 1. The Hall–Kier alpha value is -3.99. The average molecular weight is 536 g/mol. The van der Waals surface area contributed by atoms with E-state index in [9.17, 15) is 14.0 Å². The molecule has 2 atom stereocenters. The van der Waals surface area contributed by atoms with Gasteiger partial charge < -0.3 is 31.7 Å². The molecule has 5 rings (SSSR count). The van der Waals surface area contributed by atoms with Crippen LogP contribution in [0.4, 0.5) is 21.7 Å². The zero-order valence-corrected chi connectivity index (χ0v) is 21.8. The number of primary amides is 1. The summed E-state index contributed by atoms with van der Waals surface area (Å²) in [5.41, 5.74) is 13.0. The van der Waals surface area contributed by atoms with Crippen LogP contribution in [0.1, 0.15) is 55.3 Å². The number of hydrogen-bond donors (Lipinski definition) is 4. The average Bonchev–Trinajstić information content (AvgIpc) is 3.33. The Bertz CT molecular complexity index is 1370. The maximum atomic E-state index is 14.8. The highest BCUT2D eigenvalue weighted by Gasteiger charge is 2.24. The zero-order chi connectivity index (χ0) is 27.4. The number of nitrogens with one attached hydrogen (secondary N) is 2. The molecule has 0 spiro atoms. The van der Waals surface area contributed by atoms with Gasteiger partial charge in [-0.25, -0.2) is 14.4 Å². The highest BCUT2D eigenvalue weighted by atomic mass is 19.1. The number of fused-ring (bicyclic) bond motifs is 1. The van der Waals surface area contributed by atoms with Crippen LogP contribution in [0.25, 0.3) is 10.9 Å². The van der Waals surface area contributed by atoms with Crippen LogP contribution in [-0.4, -0.2) is 58.5 Å². The molecule has 11 heteroatoms. The molecule has 0 radical (unpaired) electrons. The lowest BCUT2D eigenvalue weighted by molar-refractivity contribution is -0.127. The summed E-state index contributed by atoms with van der Waals surface area (Å²) in [5.74, 6) is -0.549. The van der Waals surface area contributed by atoms with Crippen LogP contribution in [0.2, 0.25) is 0 Å². The third-order valence-electron chi connectivity index (χ3n) is 7.30. The van der Waals surface area contributed by atoms with Crippen LogP contribution in [0.3, 0.4) is 0 Å². The van der Waals surface area contributed by atoms with Crippen molar-refractivity contribution in [1.29, 1.82) is 0 Å². The Kier molecular flexibility index (Phi) is 8.06. The molecule has 10 nitrogen and oxygen atoms in total. The molecule has 1 aliphatic heterocycles. The van der Waals surface area contributed by atoms with E-state index in [1.165, 1.54) is 0 Å². The lowest BCUT2D eigenvalue weighted by Crippen LogP contribution is -2.43. The van der Waals surface area contributed by atoms with Gasteiger partial charge in [0.25, 0.3) is 5.91 Å². The molecule has 39 heavy (non-hydrogen) atoms. The van der Waals surface area contributed by atoms with Crippen molar-refractivity contribution < 1.29 is 18.7 Å². The van der Waals surface area contributed by atoms with E-state index >= 15 is 0 Å². The van der Waals surface area contributed by atoms with Gasteiger partial charge in [0.15, 0.2) is 11.6 Å². The van der Waals surface area contributed by atoms with Crippen molar-refractivity contribution in [3.63, 3.8) is 0 Å². The van der Waals surface area contributed by atoms with Crippen LogP contribution in [0.15, 0.2) is 36.4 Å². The first-order chi connectivity index (χ1) is 18.9. The number of aromatic nitrogens is 2. The molecule has 206 valence electrons. The van der Waals surface area contributed by atoms with Crippen molar-refractivity contribution in [2.75, 3.05) is 30.3 Å². The van der Waals surface area contributed by atoms with Crippen molar-refractivity contribution in [1.82, 2.24) is 14.9 Å². The molecule has 2 fully saturated rings. The number of likely N-dealkylation sites (tertiary alicyclic amines) is 1. The second-order valence-electron chi connectivity index (χ2n) is 10.1. The topological polar surface area (TPSA) is 148 Å². The third-order valence-corrected chi connectivity index (χ3v) is 7.30. The second kappa shape index (κ2) is 11.8. The van der Waals surface area contributed by atoms with E-state index in [0.29, 0.717) is 31.1 Å². The Morgan fingerprint density at radius 1 is 1.10 bits per heavy atom. The number of hydrogen-bond acceptors (Lipinski definition) is 8. The largest absolute Gasteiger partial charge is 0.478 e. The zero-order valence-electron chi connectivity index (χ0n) is 21.8. The van der Waals surface area contributed by atoms with Crippen LogP contribution in [-0.2, 0) is 4.79 Å². The molecular formula is C28H34FN7O3. The molecule has 3 heterocycles. The predicted molar refractivity (Wildman–Crippen MR) is 148 cm³/mol. The van der Waals surface area contributed by atoms with Gasteiger partial charge in [0, 0.05) is 48.7 Å². The van der Waals surface area contributed by atoms with E-state index in [4.69, 9.17) is 16.2 Å². The molecule has 1 saturated heterocycles. The van der Waals surface area contributed by atoms with Gasteiger partial charge in [0.05, 0.1) is 17.7 Å². The number of pyridine rings is 2. The molecule has 2 aliphatic rings. The smallest absolute Gasteiger partial charge is 0.252 e. The minimum absolute atomic E-state index is 0.0307. The summed E-state index contributed by atoms with van der Waals surface area (Å²) in [4.78, 5) is 34.6. The van der Waals surface area contributed by atoms with Gasteiger partial charge in [-0.15, -0.1) is 0 Å². The van der Waals surface area contributed by atoms with Gasteiger partial charge in [-0.05, 0) is 56.0 Å². The van der Waals surface area contributed by atoms with Gasteiger partial charge in [-0.3, -0.25) is 9.59 Å². The van der Waals surface area contributed by atoms with Crippen molar-refractivity contribution in [3.05, 3.63) is 47.8 Å². The number of ether oxygens (including phenoxy) is 1. The van der Waals surface area contributed by atoms with Gasteiger partial charge >= 0.3 is 0 Å². The van der Waals surface area contributed by atoms with E-state index in [1.54, 1.807) is 12.1 Å². The summed E-state index contributed by atoms with van der Waals surface area (Å²) in [5, 5.41) is 7.06. The second-order valence-corrected chi connectivity index (χ2v) is 10.1. The number of anilines is 3. The van der Waals surface area contributed by atoms with Crippen molar-refractivity contribution in [2.45, 2.75) is 57.0 Å². The fourth-order valence-electron chi connectivity index (χ4n) is 5.16. The normalized spacial score (nSPS) is 19.3. The van der Waals surface area contributed by atoms with Crippen LogP contribution < -0.4 is 26.8 Å². The number of halogens is 1. The minimum atomic E-state index is -0.789. The molecule has 0 bridgehead atoms. The molecule has 2 aromatic heterocycles. The van der Waals surface area contributed by atoms with Gasteiger partial charge in [0.1, 0.15) is 5.82 Å². The van der Waals surface area contributed by atoms with Crippen LogP contribution in [0, 0.1) is 5.82 Å². The monoisotopic (exact) mass is 535 g/mol. The molecule has 6 N–H and O–H groups in total. The fraction of sp³-hybridized carbons (Fsp3) is 0.429. The summed E-state index contributed by atoms with van der Waals surface area (Å²) >= 11 is 0. The highest BCUT2D eigenvalue weighted by molar-refractivity contribution is 5.99. The first-order valence-corrected chi connectivity index (χ1v) is 13.5. The Morgan fingerprint density at radius 3 is 2.72 bits per heavy atom. The first-order valence-electron chi connectivity index (χ1n) is 13.5. The molecule has 1 aliphatic carbocycles. The number of amides is 2. The van der Waals surface area contributed by atoms with Crippen molar-refractivity contribution in [3.8, 4) is 5.88 Å². The van der Waals surface area contributed by atoms with Gasteiger partial charge in [-0.1, -0.05) is 12.8 Å². The van der Waals surface area contributed by atoms with Crippen molar-refractivity contribution in [2.24, 2.45) is 11.5 Å². The number of carbonyl (C=O) groups excluding carboxylic acids is 2. The number of nitrogens with zero attached hydrogens (tertiary/aromatic N) is 3. The molecule has 1 saturated carbocycles. The van der Waals surface area contributed by atoms with E-state index in [-0.39, 0.29) is 35.2 Å². The maximum Gasteiger partial charge on any atom is 0.252 e. The Labute approximate surface area is 226 Å². The Morgan fingerprint density at radius 2 is 1.95 bits per heavy atom. The van der Waals surface area contributed by atoms with E-state index in [2.05, 4.69) is 20.6 Å². The molecule has 1 aromatic carbocycles. The summed E-state index contributed by atoms with van der Waals surface area (Å²) in [6.45, 7) is 1.98. The third kappa shape index (κ3) is 6.36. The summed E-state index contributed by atoms with van der Waals surface area (Å²) in [6.07, 6.45) is 6.05. The first kappa shape index (κ1) is 26.6. The lowest BCUT2D eigenvalue weighted by atomic mass is 9.91. The number of nitrogens with two attached hydrogens (primary N) is 2. The van der Waals surface area contributed by atoms with Crippen molar-refractivity contribution >= 4 is 40.0 Å². The molecule has 2 amide bonds. The number of carbonyl (C=O) groups is 2. The highest BCUT2D eigenvalue weighted by Crippen LogP contribution is 2.28. The predicted octanol–water partition coefficient (Wildman–Crippen LogP) is 3.68. The Balaban J connectivity index is 1.27. The lowest BCUT2D eigenvalue weighted by Gasteiger charge is -2.30. The summed E-state index contributed by atoms with van der Waals surface area (Å²) < 4.78 is 20.6.